The van der Waals surface area contributed by atoms with E-state index in [1.54, 1.807) is 11.8 Å². The number of likely N-dealkylation sites (tertiary alicyclic amines) is 1. The first kappa shape index (κ1) is 16.3. The van der Waals surface area contributed by atoms with Crippen molar-refractivity contribution >= 4 is 21.7 Å². The van der Waals surface area contributed by atoms with Gasteiger partial charge in [-0.3, -0.25) is 9.59 Å². The van der Waals surface area contributed by atoms with Gasteiger partial charge in [0.1, 0.15) is 0 Å². The maximum absolute atomic E-state index is 12.5. The molecule has 0 radical (unpaired) electrons. The second-order valence-corrected chi connectivity index (χ2v) is 8.22. The van der Waals surface area contributed by atoms with Crippen LogP contribution < -0.4 is 0 Å². The molecule has 0 aromatic rings. The second-order valence-electron chi connectivity index (χ2n) is 5.99. The fraction of sp³-hybridized carbons (Fsp3) is 0.857. The predicted octanol–water partition coefficient (Wildman–Crippen LogP) is 0.423. The molecule has 0 aromatic carbocycles. The van der Waals surface area contributed by atoms with E-state index >= 15 is 0 Å². The van der Waals surface area contributed by atoms with E-state index < -0.39 is 21.7 Å². The zero-order valence-electron chi connectivity index (χ0n) is 12.7. The molecule has 0 bridgehead atoms. The Bertz CT molecular complexity index is 517. The van der Waals surface area contributed by atoms with Gasteiger partial charge in [0.15, 0.2) is 9.84 Å². The molecule has 2 aliphatic heterocycles. The molecular formula is C14H24N2O4S. The third-order valence-electron chi connectivity index (χ3n) is 4.50. The van der Waals surface area contributed by atoms with Crippen molar-refractivity contribution in [1.29, 1.82) is 0 Å². The maximum atomic E-state index is 12.5. The van der Waals surface area contributed by atoms with Crippen LogP contribution in [0, 0.1) is 0 Å². The van der Waals surface area contributed by atoms with Crippen LogP contribution in [0.3, 0.4) is 0 Å². The summed E-state index contributed by atoms with van der Waals surface area (Å²) in [6, 6.07) is -0.266. The van der Waals surface area contributed by atoms with Crippen molar-refractivity contribution in [2.24, 2.45) is 0 Å². The minimum absolute atomic E-state index is 0.0184. The van der Waals surface area contributed by atoms with Crippen LogP contribution in [0.2, 0.25) is 0 Å². The second kappa shape index (κ2) is 6.34. The van der Waals surface area contributed by atoms with Gasteiger partial charge >= 0.3 is 11.8 Å². The molecule has 2 fully saturated rings. The van der Waals surface area contributed by atoms with Gasteiger partial charge < -0.3 is 9.80 Å². The lowest BCUT2D eigenvalue weighted by atomic mass is 10.0. The fourth-order valence-corrected chi connectivity index (χ4v) is 4.97. The Labute approximate surface area is 126 Å². The number of nitrogens with zero attached hydrogens (tertiary/aromatic N) is 2. The maximum Gasteiger partial charge on any atom is 0.312 e. The van der Waals surface area contributed by atoms with Crippen LogP contribution in [0.1, 0.15) is 39.5 Å². The number of hydrogen-bond donors (Lipinski definition) is 0. The van der Waals surface area contributed by atoms with Gasteiger partial charge in [-0.1, -0.05) is 0 Å². The number of rotatable bonds is 2. The summed E-state index contributed by atoms with van der Waals surface area (Å²) < 4.78 is 23.1. The highest BCUT2D eigenvalue weighted by Gasteiger charge is 2.38. The molecule has 0 N–H and O–H groups in total. The molecular weight excluding hydrogens is 292 g/mol. The van der Waals surface area contributed by atoms with Gasteiger partial charge in [0.05, 0.1) is 11.5 Å². The summed E-state index contributed by atoms with van der Waals surface area (Å²) in [5.74, 6) is -0.938. The Morgan fingerprint density at radius 3 is 2.48 bits per heavy atom. The highest BCUT2D eigenvalue weighted by atomic mass is 32.2. The molecule has 0 aliphatic carbocycles. The molecule has 0 spiro atoms. The van der Waals surface area contributed by atoms with Crippen molar-refractivity contribution in [3.8, 4) is 0 Å². The summed E-state index contributed by atoms with van der Waals surface area (Å²) >= 11 is 0. The van der Waals surface area contributed by atoms with E-state index in [1.807, 2.05) is 6.92 Å². The van der Waals surface area contributed by atoms with Gasteiger partial charge in [0.2, 0.25) is 0 Å². The van der Waals surface area contributed by atoms with Crippen LogP contribution in [-0.2, 0) is 19.4 Å². The van der Waals surface area contributed by atoms with Gasteiger partial charge in [-0.2, -0.15) is 0 Å². The fourth-order valence-electron chi connectivity index (χ4n) is 3.23. The number of likely N-dealkylation sites (N-methyl/N-ethyl adjacent to an activating group) is 1. The van der Waals surface area contributed by atoms with Crippen molar-refractivity contribution < 1.29 is 18.0 Å². The zero-order valence-corrected chi connectivity index (χ0v) is 13.6. The molecule has 6 nitrogen and oxygen atoms in total. The SMILES string of the molecule is CCN(C(=O)C(=O)N1CCCCC1C)C1CCS(=O)(=O)C1. The van der Waals surface area contributed by atoms with E-state index in [0.29, 0.717) is 19.5 Å². The van der Waals surface area contributed by atoms with E-state index in [2.05, 4.69) is 0 Å². The van der Waals surface area contributed by atoms with Crippen molar-refractivity contribution in [1.82, 2.24) is 9.80 Å². The summed E-state index contributed by atoms with van der Waals surface area (Å²) in [7, 11) is -3.06. The molecule has 2 aliphatic rings. The van der Waals surface area contributed by atoms with Crippen molar-refractivity contribution in [2.45, 2.75) is 51.6 Å². The van der Waals surface area contributed by atoms with Crippen LogP contribution in [0.25, 0.3) is 0 Å². The third kappa shape index (κ3) is 3.56. The van der Waals surface area contributed by atoms with Crippen LogP contribution in [0.15, 0.2) is 0 Å². The Morgan fingerprint density at radius 1 is 1.24 bits per heavy atom. The topological polar surface area (TPSA) is 74.8 Å². The van der Waals surface area contributed by atoms with E-state index in [9.17, 15) is 18.0 Å². The summed E-state index contributed by atoms with van der Waals surface area (Å²) in [6.07, 6.45) is 3.36. The minimum atomic E-state index is -3.06. The predicted molar refractivity (Wildman–Crippen MR) is 79.5 cm³/mol. The highest BCUT2D eigenvalue weighted by molar-refractivity contribution is 7.91. The van der Waals surface area contributed by atoms with Gasteiger partial charge in [-0.05, 0) is 39.5 Å². The molecule has 2 rings (SSSR count). The molecule has 21 heavy (non-hydrogen) atoms. The highest BCUT2D eigenvalue weighted by Crippen LogP contribution is 2.20. The van der Waals surface area contributed by atoms with E-state index in [-0.39, 0.29) is 23.6 Å². The average molecular weight is 316 g/mol. The van der Waals surface area contributed by atoms with E-state index in [0.717, 1.165) is 19.3 Å². The molecule has 2 heterocycles. The lowest BCUT2D eigenvalue weighted by Crippen LogP contribution is -2.52. The Morgan fingerprint density at radius 2 is 1.95 bits per heavy atom. The Hall–Kier alpha value is -1.11. The van der Waals surface area contributed by atoms with Gasteiger partial charge in [0, 0.05) is 25.2 Å². The summed E-state index contributed by atoms with van der Waals surface area (Å²) in [5, 5.41) is 0. The molecule has 7 heteroatoms. The lowest BCUT2D eigenvalue weighted by molar-refractivity contribution is -0.154. The van der Waals surface area contributed by atoms with Crippen LogP contribution >= 0.6 is 0 Å². The van der Waals surface area contributed by atoms with Gasteiger partial charge in [0.25, 0.3) is 0 Å². The summed E-state index contributed by atoms with van der Waals surface area (Å²) in [5.41, 5.74) is 0. The monoisotopic (exact) mass is 316 g/mol. The van der Waals surface area contributed by atoms with E-state index in [4.69, 9.17) is 0 Å². The zero-order chi connectivity index (χ0) is 15.6. The number of carbonyl (C=O) groups excluding carboxylic acids is 2. The first-order valence-corrected chi connectivity index (χ1v) is 9.50. The Balaban J connectivity index is 2.07. The largest absolute Gasteiger partial charge is 0.332 e. The van der Waals surface area contributed by atoms with Gasteiger partial charge in [-0.15, -0.1) is 0 Å². The number of carbonyl (C=O) groups is 2. The van der Waals surface area contributed by atoms with Crippen LogP contribution in [-0.4, -0.2) is 66.7 Å². The number of hydrogen-bond acceptors (Lipinski definition) is 4. The number of sulfone groups is 1. The third-order valence-corrected chi connectivity index (χ3v) is 6.25. The molecule has 2 saturated heterocycles. The van der Waals surface area contributed by atoms with Crippen LogP contribution in [0.5, 0.6) is 0 Å². The molecule has 2 unspecified atom stereocenters. The van der Waals surface area contributed by atoms with E-state index in [1.165, 1.54) is 4.90 Å². The molecule has 2 amide bonds. The van der Waals surface area contributed by atoms with Crippen molar-refractivity contribution in [3.63, 3.8) is 0 Å². The first-order chi connectivity index (χ1) is 9.85. The number of amides is 2. The van der Waals surface area contributed by atoms with Crippen LogP contribution in [0.4, 0.5) is 0 Å². The lowest BCUT2D eigenvalue weighted by Gasteiger charge is -2.35. The first-order valence-electron chi connectivity index (χ1n) is 7.67. The molecule has 120 valence electrons. The Kier molecular flexibility index (Phi) is 4.91. The molecule has 0 saturated carbocycles. The van der Waals surface area contributed by atoms with Gasteiger partial charge in [-0.25, -0.2) is 8.42 Å². The average Bonchev–Trinajstić information content (AvgIpc) is 2.79. The van der Waals surface area contributed by atoms with Crippen molar-refractivity contribution in [3.05, 3.63) is 0 Å². The summed E-state index contributed by atoms with van der Waals surface area (Å²) in [4.78, 5) is 27.9. The number of piperidine rings is 1. The molecule has 2 atom stereocenters. The van der Waals surface area contributed by atoms with Crippen molar-refractivity contribution in [2.75, 3.05) is 24.6 Å². The standard InChI is InChI=1S/C14H24N2O4S/c1-3-15(12-7-9-21(19,20)10-12)13(17)14(18)16-8-5-4-6-11(16)2/h11-12H,3-10H2,1-2H3. The quantitative estimate of drug-likeness (QED) is 0.692. The smallest absolute Gasteiger partial charge is 0.312 e. The molecule has 0 aromatic heterocycles. The normalized spacial score (nSPS) is 28.4. The summed E-state index contributed by atoms with van der Waals surface area (Å²) in [6.45, 7) is 4.73. The minimum Gasteiger partial charge on any atom is -0.332 e.